The number of ether oxygens (including phenoxy) is 2. The van der Waals surface area contributed by atoms with Crippen LogP contribution in [0.25, 0.3) is 10.9 Å². The lowest BCUT2D eigenvalue weighted by Gasteiger charge is -2.28. The highest BCUT2D eigenvalue weighted by Crippen LogP contribution is 2.46. The summed E-state index contributed by atoms with van der Waals surface area (Å²) in [6.45, 7) is 8.35. The van der Waals surface area contributed by atoms with Gasteiger partial charge in [0.25, 0.3) is 0 Å². The van der Waals surface area contributed by atoms with Gasteiger partial charge in [-0.1, -0.05) is 19.9 Å². The van der Waals surface area contributed by atoms with Gasteiger partial charge < -0.3 is 29.4 Å². The molecule has 1 aromatic heterocycles. The van der Waals surface area contributed by atoms with E-state index in [-0.39, 0.29) is 46.4 Å². The van der Waals surface area contributed by atoms with Crippen LogP contribution in [0.5, 0.6) is 5.75 Å². The highest BCUT2D eigenvalue weighted by atomic mass is 19.1. The third-order valence-corrected chi connectivity index (χ3v) is 8.46. The molecule has 0 radical (unpaired) electrons. The van der Waals surface area contributed by atoms with E-state index in [1.165, 1.54) is 27.2 Å². The lowest BCUT2D eigenvalue weighted by atomic mass is 10.0. The first-order valence-corrected chi connectivity index (χ1v) is 15.4. The van der Waals surface area contributed by atoms with Gasteiger partial charge in [-0.05, 0) is 55.9 Å². The first kappa shape index (κ1) is 31.8. The van der Waals surface area contributed by atoms with E-state index in [0.717, 1.165) is 24.0 Å². The molecule has 2 aromatic carbocycles. The molecule has 3 aliphatic rings. The number of carbonyl (C=O) groups excluding carboxylic acids is 2. The fourth-order valence-electron chi connectivity index (χ4n) is 6.18. The second kappa shape index (κ2) is 12.8. The molecule has 1 unspecified atom stereocenters. The number of aromatic nitrogens is 1. The Morgan fingerprint density at radius 3 is 2.56 bits per heavy atom. The number of anilines is 2. The summed E-state index contributed by atoms with van der Waals surface area (Å²) < 4.78 is 29.3. The van der Waals surface area contributed by atoms with E-state index < -0.39 is 29.4 Å². The van der Waals surface area contributed by atoms with Crippen molar-refractivity contribution in [3.05, 3.63) is 62.7 Å². The summed E-state index contributed by atoms with van der Waals surface area (Å²) in [6, 6.07) is 5.72. The number of cyclic esters (lactones) is 1. The monoisotopic (exact) mass is 622 g/mol. The van der Waals surface area contributed by atoms with Crippen LogP contribution in [0.3, 0.4) is 0 Å². The normalized spacial score (nSPS) is 17.6. The number of halogens is 1. The number of nitrogens with one attached hydrogen (secondary N) is 1. The molecule has 6 rings (SSSR count). The van der Waals surface area contributed by atoms with Gasteiger partial charge in [0.05, 0.1) is 31.1 Å². The molecule has 11 nitrogen and oxygen atoms in total. The Morgan fingerprint density at radius 2 is 1.91 bits per heavy atom. The molecule has 2 fully saturated rings. The van der Waals surface area contributed by atoms with E-state index in [4.69, 9.17) is 9.47 Å². The maximum Gasteiger partial charge on any atom is 0.414 e. The fourth-order valence-corrected chi connectivity index (χ4v) is 6.18. The van der Waals surface area contributed by atoms with E-state index in [0.29, 0.717) is 43.7 Å². The minimum atomic E-state index is -1.35. The summed E-state index contributed by atoms with van der Waals surface area (Å²) in [7, 11) is 1.44. The fraction of sp³-hybridized carbons (Fsp3) is 0.455. The number of benzene rings is 2. The number of hydrogen-bond acceptors (Lipinski definition) is 7. The molecule has 0 spiro atoms. The molecular weight excluding hydrogens is 583 g/mol. The largest absolute Gasteiger partial charge is 0.492 e. The van der Waals surface area contributed by atoms with Crippen molar-refractivity contribution in [2.45, 2.75) is 72.1 Å². The van der Waals surface area contributed by atoms with E-state index >= 15 is 4.39 Å². The number of methoxy groups -OCH3 is 1. The highest BCUT2D eigenvalue weighted by molar-refractivity contribution is 5.99. The zero-order valence-electron chi connectivity index (χ0n) is 26.2. The third kappa shape index (κ3) is 5.93. The maximum atomic E-state index is 16.3. The quantitative estimate of drug-likeness (QED) is 0.380. The molecule has 2 N–H and O–H groups in total. The van der Waals surface area contributed by atoms with Gasteiger partial charge in [0, 0.05) is 43.5 Å². The van der Waals surface area contributed by atoms with Gasteiger partial charge in [-0.3, -0.25) is 14.5 Å². The molecule has 3 heterocycles. The van der Waals surface area contributed by atoms with E-state index in [1.54, 1.807) is 9.47 Å². The van der Waals surface area contributed by atoms with E-state index in [2.05, 4.69) is 5.32 Å². The molecule has 1 saturated carbocycles. The third-order valence-electron chi connectivity index (χ3n) is 8.46. The summed E-state index contributed by atoms with van der Waals surface area (Å²) in [6.07, 6.45) is 3.47. The van der Waals surface area contributed by atoms with Gasteiger partial charge >= 0.3 is 12.1 Å². The van der Waals surface area contributed by atoms with Crippen molar-refractivity contribution in [3.63, 3.8) is 0 Å². The van der Waals surface area contributed by atoms with E-state index in [9.17, 15) is 24.3 Å². The van der Waals surface area contributed by atoms with Gasteiger partial charge in [0.1, 0.15) is 17.4 Å². The number of aryl methyl sites for hydroxylation is 2. The van der Waals surface area contributed by atoms with Crippen LogP contribution in [0.4, 0.5) is 20.6 Å². The average molecular weight is 623 g/mol. The summed E-state index contributed by atoms with van der Waals surface area (Å²) >= 11 is 0. The Bertz CT molecular complexity index is 1730. The second-order valence-electron chi connectivity index (χ2n) is 11.4. The summed E-state index contributed by atoms with van der Waals surface area (Å²) in [5.41, 5.74) is 2.30. The van der Waals surface area contributed by atoms with Gasteiger partial charge in [-0.15, -0.1) is 0 Å². The molecule has 0 bridgehead atoms. The topological polar surface area (TPSA) is 130 Å². The van der Waals surface area contributed by atoms with Crippen LogP contribution in [0.2, 0.25) is 0 Å². The van der Waals surface area contributed by atoms with Crippen LogP contribution >= 0.6 is 0 Å². The van der Waals surface area contributed by atoms with Gasteiger partial charge in [-0.2, -0.15) is 0 Å². The number of pyridine rings is 1. The predicted octanol–water partition coefficient (Wildman–Crippen LogP) is 4.93. The number of amides is 2. The first-order valence-electron chi connectivity index (χ1n) is 15.4. The molecule has 240 valence electrons. The molecule has 12 heteroatoms. The number of carboxylic acids is 1. The number of carbonyl (C=O) groups is 3. The zero-order chi connectivity index (χ0) is 32.6. The summed E-state index contributed by atoms with van der Waals surface area (Å²) in [4.78, 5) is 52.5. The maximum absolute atomic E-state index is 16.3. The number of aromatic carboxylic acids is 1. The standard InChI is InChI=1S/C31H33FN4O7.C2H6/c1-16-24-26(35(20-8-9-20)15-23(28(24)38)30(39)40)29(42-3)27(25(16)32)34-10-4-5-18-11-21(7-6-19(18)13-34)36-14-22(43-31(36)41)12-33-17(2)37;1-2/h6-7,11,15,20,22H,4-5,8-10,12-14H2,1-3H3,(H,33,37)(H,39,40);1-2H3. The minimum absolute atomic E-state index is 0.00575. The molecule has 45 heavy (non-hydrogen) atoms. The Hall–Kier alpha value is -4.61. The number of rotatable bonds is 7. The number of nitrogens with zero attached hydrogens (tertiary/aromatic N) is 3. The van der Waals surface area contributed by atoms with Crippen molar-refractivity contribution in [1.82, 2.24) is 9.88 Å². The minimum Gasteiger partial charge on any atom is -0.492 e. The van der Waals surface area contributed by atoms with Crippen LogP contribution in [0.15, 0.2) is 29.2 Å². The summed E-state index contributed by atoms with van der Waals surface area (Å²) in [5, 5.41) is 12.4. The lowest BCUT2D eigenvalue weighted by molar-refractivity contribution is -0.119. The van der Waals surface area contributed by atoms with Gasteiger partial charge in [-0.25, -0.2) is 14.0 Å². The Balaban J connectivity index is 0.00000196. The summed E-state index contributed by atoms with van der Waals surface area (Å²) in [5.74, 6) is -1.95. The number of hydrogen-bond donors (Lipinski definition) is 2. The lowest BCUT2D eigenvalue weighted by Crippen LogP contribution is -2.33. The van der Waals surface area contributed by atoms with Crippen LogP contribution in [0, 0.1) is 12.7 Å². The molecule has 1 saturated heterocycles. The molecule has 2 amide bonds. The Morgan fingerprint density at radius 1 is 1.18 bits per heavy atom. The SMILES string of the molecule is CC.COc1c(N2CCCc3cc(N4CC(CNC(C)=O)OC4=O)ccc3C2)c(F)c(C)c2c(=O)c(C(=O)O)cn(C3CC3)c12. The van der Waals surface area contributed by atoms with Crippen molar-refractivity contribution in [2.75, 3.05) is 36.5 Å². The van der Waals surface area contributed by atoms with Gasteiger partial charge in [0.15, 0.2) is 11.6 Å². The first-order chi connectivity index (χ1) is 21.6. The predicted molar refractivity (Wildman–Crippen MR) is 168 cm³/mol. The number of fused-ring (bicyclic) bond motifs is 2. The van der Waals surface area contributed by atoms with Gasteiger partial charge in [0.2, 0.25) is 11.3 Å². The molecule has 1 aliphatic carbocycles. The van der Waals surface area contributed by atoms with Crippen LogP contribution < -0.4 is 25.3 Å². The van der Waals surface area contributed by atoms with Crippen molar-refractivity contribution >= 4 is 40.2 Å². The number of carboxylic acid groups (broad SMARTS) is 1. The molecule has 3 aromatic rings. The van der Waals surface area contributed by atoms with Crippen molar-refractivity contribution in [3.8, 4) is 5.75 Å². The van der Waals surface area contributed by atoms with Crippen molar-refractivity contribution in [1.29, 1.82) is 0 Å². The molecule has 2 aliphatic heterocycles. The molecular formula is C33H39FN4O7. The van der Waals surface area contributed by atoms with Crippen molar-refractivity contribution < 1.29 is 33.4 Å². The molecule has 1 atom stereocenters. The second-order valence-corrected chi connectivity index (χ2v) is 11.4. The van der Waals surface area contributed by atoms with Crippen LogP contribution in [-0.2, 0) is 22.5 Å². The average Bonchev–Trinajstić information content (AvgIpc) is 3.82. The van der Waals surface area contributed by atoms with Crippen LogP contribution in [-0.4, -0.2) is 60.5 Å². The Labute approximate surface area is 260 Å². The Kier molecular flexibility index (Phi) is 9.03. The van der Waals surface area contributed by atoms with Crippen molar-refractivity contribution in [2.24, 2.45) is 0 Å². The zero-order valence-corrected chi connectivity index (χ0v) is 26.2. The van der Waals surface area contributed by atoms with E-state index in [1.807, 2.05) is 36.9 Å². The van der Waals surface area contributed by atoms with Crippen LogP contribution in [0.1, 0.15) is 73.1 Å². The smallest absolute Gasteiger partial charge is 0.414 e. The highest BCUT2D eigenvalue weighted by Gasteiger charge is 2.35.